The van der Waals surface area contributed by atoms with E-state index >= 15 is 0 Å². The third kappa shape index (κ3) is 4.60. The molecule has 0 unspecified atom stereocenters. The van der Waals surface area contributed by atoms with Crippen LogP contribution in [0.4, 0.5) is 0 Å². The molecule has 0 saturated heterocycles. The van der Waals surface area contributed by atoms with Gasteiger partial charge in [-0.1, -0.05) is 48.5 Å². The number of carbonyl (C=O) groups is 1. The van der Waals surface area contributed by atoms with Crippen molar-refractivity contribution in [2.75, 3.05) is 27.9 Å². The number of H-pyrrole nitrogens is 1. The zero-order valence-corrected chi connectivity index (χ0v) is 23.4. The topological polar surface area (TPSA) is 97.7 Å². The zero-order valence-electron chi connectivity index (χ0n) is 23.4. The van der Waals surface area contributed by atoms with Crippen LogP contribution in [0.1, 0.15) is 21.5 Å². The van der Waals surface area contributed by atoms with Crippen LogP contribution >= 0.6 is 0 Å². The minimum Gasteiger partial charge on any atom is -0.493 e. The smallest absolute Gasteiger partial charge is 0.253 e. The maximum atomic E-state index is 14.0. The van der Waals surface area contributed by atoms with Gasteiger partial charge in [-0.05, 0) is 47.7 Å². The number of amides is 1. The summed E-state index contributed by atoms with van der Waals surface area (Å²) in [5.74, 6) is 1.44. The third-order valence-corrected chi connectivity index (χ3v) is 7.86. The van der Waals surface area contributed by atoms with Gasteiger partial charge < -0.3 is 34.2 Å². The number of carbonyl (C=O) groups excluding carboxylic acids is 1. The Kier molecular flexibility index (Phi) is 7.15. The van der Waals surface area contributed by atoms with E-state index in [0.29, 0.717) is 35.8 Å². The molecule has 0 bridgehead atoms. The molecule has 1 atom stereocenters. The van der Waals surface area contributed by atoms with E-state index in [1.165, 1.54) is 0 Å². The van der Waals surface area contributed by atoms with Gasteiger partial charge in [0.25, 0.3) is 5.91 Å². The number of fused-ring (bicyclic) bond motifs is 4. The second kappa shape index (κ2) is 11.1. The fraction of sp³-hybridized carbons (Fsp3) is 0.242. The number of ether oxygens (including phenoxy) is 3. The Morgan fingerprint density at radius 2 is 1.76 bits per heavy atom. The molecular weight excluding hydrogens is 518 g/mol. The highest BCUT2D eigenvalue weighted by atomic mass is 16.5. The van der Waals surface area contributed by atoms with E-state index in [2.05, 4.69) is 14.9 Å². The molecule has 6 rings (SSSR count). The summed E-state index contributed by atoms with van der Waals surface area (Å²) >= 11 is 0. The van der Waals surface area contributed by atoms with E-state index in [4.69, 9.17) is 14.2 Å². The number of hydrogen-bond donors (Lipinski definition) is 3. The Morgan fingerprint density at radius 3 is 2.49 bits per heavy atom. The molecule has 3 heterocycles. The van der Waals surface area contributed by atoms with Crippen molar-refractivity contribution in [3.8, 4) is 39.8 Å². The maximum Gasteiger partial charge on any atom is 0.253 e. The summed E-state index contributed by atoms with van der Waals surface area (Å²) in [6.07, 6.45) is 3.17. The highest BCUT2D eigenvalue weighted by Crippen LogP contribution is 2.50. The summed E-state index contributed by atoms with van der Waals surface area (Å²) in [6, 6.07) is 21.4. The van der Waals surface area contributed by atoms with Crippen molar-refractivity contribution in [2.45, 2.75) is 25.4 Å². The molecule has 0 radical (unpaired) electrons. The summed E-state index contributed by atoms with van der Waals surface area (Å²) in [4.78, 5) is 17.3. The number of aryl methyl sites for hydroxylation is 1. The molecule has 0 saturated carbocycles. The molecule has 0 spiro atoms. The highest BCUT2D eigenvalue weighted by molar-refractivity contribution is 6.03. The highest BCUT2D eigenvalue weighted by Gasteiger charge is 2.31. The van der Waals surface area contributed by atoms with Crippen LogP contribution in [-0.2, 0) is 19.4 Å². The molecule has 5 aromatic rings. The Labute approximate surface area is 238 Å². The lowest BCUT2D eigenvalue weighted by atomic mass is 9.96. The lowest BCUT2D eigenvalue weighted by Gasteiger charge is -2.25. The van der Waals surface area contributed by atoms with Gasteiger partial charge in [0, 0.05) is 29.2 Å². The van der Waals surface area contributed by atoms with Crippen LogP contribution in [0.15, 0.2) is 72.9 Å². The van der Waals surface area contributed by atoms with Gasteiger partial charge in [-0.2, -0.15) is 0 Å². The van der Waals surface area contributed by atoms with Crippen LogP contribution in [0.5, 0.6) is 17.2 Å². The van der Waals surface area contributed by atoms with Gasteiger partial charge in [0.2, 0.25) is 5.75 Å². The molecule has 3 N–H and O–H groups in total. The molecule has 41 heavy (non-hydrogen) atoms. The van der Waals surface area contributed by atoms with Crippen LogP contribution in [0.3, 0.4) is 0 Å². The Hall–Kier alpha value is -4.69. The van der Waals surface area contributed by atoms with Crippen molar-refractivity contribution in [1.29, 1.82) is 0 Å². The lowest BCUT2D eigenvalue weighted by Crippen LogP contribution is -2.39. The predicted octanol–water partition coefficient (Wildman–Crippen LogP) is 5.22. The fourth-order valence-corrected chi connectivity index (χ4v) is 5.98. The minimum atomic E-state index is -0.464. The minimum absolute atomic E-state index is 0.187. The van der Waals surface area contributed by atoms with Crippen molar-refractivity contribution < 1.29 is 24.1 Å². The van der Waals surface area contributed by atoms with Gasteiger partial charge in [-0.3, -0.25) is 4.79 Å². The van der Waals surface area contributed by atoms with Crippen molar-refractivity contribution in [3.05, 3.63) is 89.6 Å². The normalized spacial score (nSPS) is 12.9. The molecule has 3 aromatic carbocycles. The van der Waals surface area contributed by atoms with E-state index in [1.54, 1.807) is 21.3 Å². The number of nitrogens with one attached hydrogen (secondary N) is 2. The first-order chi connectivity index (χ1) is 20.1. The van der Waals surface area contributed by atoms with Crippen molar-refractivity contribution >= 4 is 16.8 Å². The van der Waals surface area contributed by atoms with Crippen LogP contribution in [0.2, 0.25) is 0 Å². The van der Waals surface area contributed by atoms with E-state index in [-0.39, 0.29) is 12.5 Å². The van der Waals surface area contributed by atoms with Gasteiger partial charge in [-0.25, -0.2) is 0 Å². The largest absolute Gasteiger partial charge is 0.493 e. The lowest BCUT2D eigenvalue weighted by molar-refractivity contribution is 0.0917. The Bertz CT molecular complexity index is 1720. The zero-order chi connectivity index (χ0) is 28.5. The SMILES string of the molecule is COc1cc2c(c(OC)c1OC)-c1cc(C(=O)N[C@@H](CO)Cc3c[nH]c4ccccc34)c(-c3ccccc3)n1CC2. The van der Waals surface area contributed by atoms with E-state index in [9.17, 15) is 9.90 Å². The third-order valence-electron chi connectivity index (χ3n) is 7.86. The van der Waals surface area contributed by atoms with Crippen LogP contribution < -0.4 is 19.5 Å². The predicted molar refractivity (Wildman–Crippen MR) is 159 cm³/mol. The van der Waals surface area contributed by atoms with Crippen molar-refractivity contribution in [3.63, 3.8) is 0 Å². The second-order valence-corrected chi connectivity index (χ2v) is 10.2. The molecule has 8 nitrogen and oxygen atoms in total. The Morgan fingerprint density at radius 1 is 1.00 bits per heavy atom. The molecule has 1 aliphatic rings. The van der Waals surface area contributed by atoms with E-state index in [0.717, 1.165) is 51.0 Å². The molecule has 210 valence electrons. The average molecular weight is 552 g/mol. The van der Waals surface area contributed by atoms with Crippen LogP contribution in [0.25, 0.3) is 33.4 Å². The molecule has 1 amide bonds. The summed E-state index contributed by atoms with van der Waals surface area (Å²) in [6.45, 7) is 0.490. The number of rotatable bonds is 9. The first kappa shape index (κ1) is 26.5. The summed E-state index contributed by atoms with van der Waals surface area (Å²) in [5, 5.41) is 14.5. The number of aromatic nitrogens is 2. The number of aliphatic hydroxyl groups excluding tert-OH is 1. The van der Waals surface area contributed by atoms with Crippen molar-refractivity contribution in [2.24, 2.45) is 0 Å². The first-order valence-electron chi connectivity index (χ1n) is 13.7. The van der Waals surface area contributed by atoms with E-state index < -0.39 is 6.04 Å². The molecule has 8 heteroatoms. The monoisotopic (exact) mass is 551 g/mol. The second-order valence-electron chi connectivity index (χ2n) is 10.2. The standard InChI is InChI=1S/C33H33N3O5/c1-39-28-16-21-13-14-36-27(29(21)32(41-3)31(28)40-2)17-25(30(36)20-9-5-4-6-10-20)33(38)35-23(19-37)15-22-18-34-26-12-8-7-11-24(22)26/h4-12,16-18,23,34,37H,13-15,19H2,1-3H3,(H,35,38)/t23-/m1/s1. The number of hydrogen-bond acceptors (Lipinski definition) is 5. The quantitative estimate of drug-likeness (QED) is 0.233. The van der Waals surface area contributed by atoms with Gasteiger partial charge in [0.05, 0.1) is 50.9 Å². The number of benzene rings is 3. The Balaban J connectivity index is 1.43. The van der Waals surface area contributed by atoms with Crippen LogP contribution in [0, 0.1) is 0 Å². The van der Waals surface area contributed by atoms with Gasteiger partial charge >= 0.3 is 0 Å². The number of para-hydroxylation sites is 1. The summed E-state index contributed by atoms with van der Waals surface area (Å²) in [5.41, 5.74) is 7.16. The maximum absolute atomic E-state index is 14.0. The number of nitrogens with zero attached hydrogens (tertiary/aromatic N) is 1. The first-order valence-corrected chi connectivity index (χ1v) is 13.7. The number of methoxy groups -OCH3 is 3. The molecule has 2 aromatic heterocycles. The van der Waals surface area contributed by atoms with Gasteiger partial charge in [0.1, 0.15) is 0 Å². The van der Waals surface area contributed by atoms with Crippen molar-refractivity contribution in [1.82, 2.24) is 14.9 Å². The molecular formula is C33H33N3O5. The molecule has 0 aliphatic carbocycles. The average Bonchev–Trinajstić information content (AvgIpc) is 3.61. The molecule has 1 aliphatic heterocycles. The fourth-order valence-electron chi connectivity index (χ4n) is 5.98. The molecule has 0 fully saturated rings. The van der Waals surface area contributed by atoms with E-state index in [1.807, 2.05) is 72.9 Å². The van der Waals surface area contributed by atoms with Gasteiger partial charge in [0.15, 0.2) is 11.5 Å². The number of aromatic amines is 1. The van der Waals surface area contributed by atoms with Gasteiger partial charge in [-0.15, -0.1) is 0 Å². The van der Waals surface area contributed by atoms with Crippen LogP contribution in [-0.4, -0.2) is 54.5 Å². The summed E-state index contributed by atoms with van der Waals surface area (Å²) in [7, 11) is 4.81. The summed E-state index contributed by atoms with van der Waals surface area (Å²) < 4.78 is 19.3. The number of aliphatic hydroxyl groups is 1.